The fourth-order valence-electron chi connectivity index (χ4n) is 3.29. The molecule has 0 aromatic heterocycles. The number of carboxylic acids is 1. The molecule has 2 N–H and O–H groups in total. The number of aromatic carboxylic acids is 1. The molecule has 2 aromatic carbocycles. The van der Waals surface area contributed by atoms with E-state index in [0.29, 0.717) is 5.56 Å². The third-order valence-corrected chi connectivity index (χ3v) is 6.06. The van der Waals surface area contributed by atoms with Crippen LogP contribution in [0.1, 0.15) is 27.0 Å². The molecule has 0 aliphatic carbocycles. The summed E-state index contributed by atoms with van der Waals surface area (Å²) in [5, 5.41) is 9.07. The number of hydrogen-bond acceptors (Lipinski definition) is 4. The molecule has 0 spiro atoms. The second-order valence-electron chi connectivity index (χ2n) is 6.53. The monoisotopic (exact) mass is 479 g/mol. The Morgan fingerprint density at radius 1 is 1.17 bits per heavy atom. The van der Waals surface area contributed by atoms with Crippen molar-refractivity contribution >= 4 is 45.7 Å². The lowest BCUT2D eigenvalue weighted by Gasteiger charge is -2.32. The number of hydrogen-bond donors (Lipinski definition) is 2. The molecule has 0 bridgehead atoms. The van der Waals surface area contributed by atoms with E-state index < -0.39 is 39.0 Å². The first-order valence-electron chi connectivity index (χ1n) is 8.28. The summed E-state index contributed by atoms with van der Waals surface area (Å²) in [5.41, 5.74) is -1.01. The van der Waals surface area contributed by atoms with Crippen LogP contribution in [0.2, 0.25) is 10.0 Å². The second kappa shape index (κ2) is 7.88. The summed E-state index contributed by atoms with van der Waals surface area (Å²) in [4.78, 5) is 15.7. The highest BCUT2D eigenvalue weighted by Crippen LogP contribution is 2.53. The fourth-order valence-corrected chi connectivity index (χ4v) is 4.94. The maximum atomic E-state index is 14.4. The highest BCUT2D eigenvalue weighted by atomic mass is 35.5. The summed E-state index contributed by atoms with van der Waals surface area (Å²) in [6, 6.07) is 7.28. The van der Waals surface area contributed by atoms with Gasteiger partial charge in [0.1, 0.15) is 0 Å². The minimum Gasteiger partial charge on any atom is -0.478 e. The van der Waals surface area contributed by atoms with Gasteiger partial charge >= 0.3 is 12.1 Å². The minimum absolute atomic E-state index is 0.0128. The van der Waals surface area contributed by atoms with Crippen LogP contribution in [0.5, 0.6) is 0 Å². The van der Waals surface area contributed by atoms with E-state index in [1.54, 1.807) is 0 Å². The zero-order valence-corrected chi connectivity index (χ0v) is 17.8. The highest BCUT2D eigenvalue weighted by Gasteiger charge is 2.65. The molecule has 5 nitrogen and oxygen atoms in total. The van der Waals surface area contributed by atoms with Crippen LogP contribution in [0.4, 0.5) is 13.2 Å². The molecule has 11 heteroatoms. The number of benzene rings is 2. The Labute approximate surface area is 181 Å². The van der Waals surface area contributed by atoms with E-state index in [4.69, 9.17) is 28.0 Å². The van der Waals surface area contributed by atoms with E-state index in [1.165, 1.54) is 31.2 Å². The SMILES string of the molecule is Cc1cc(C2=C(S(C)=O)C(c3cc(Cl)cc(Cl)c3)(C(F)(F)F)ON2)ccc1C(=O)O. The molecule has 1 heterocycles. The lowest BCUT2D eigenvalue weighted by Crippen LogP contribution is -2.46. The maximum Gasteiger partial charge on any atom is 0.429 e. The first-order valence-corrected chi connectivity index (χ1v) is 10.6. The zero-order valence-electron chi connectivity index (χ0n) is 15.4. The van der Waals surface area contributed by atoms with Gasteiger partial charge in [0.2, 0.25) is 0 Å². The van der Waals surface area contributed by atoms with Gasteiger partial charge in [-0.3, -0.25) is 9.69 Å². The molecule has 1 aliphatic heterocycles. The van der Waals surface area contributed by atoms with Gasteiger partial charge < -0.3 is 5.11 Å². The van der Waals surface area contributed by atoms with Crippen LogP contribution in [-0.2, 0) is 21.2 Å². The van der Waals surface area contributed by atoms with Crippen LogP contribution in [0, 0.1) is 6.92 Å². The Hall–Kier alpha value is -2.07. The predicted molar refractivity (Wildman–Crippen MR) is 108 cm³/mol. The van der Waals surface area contributed by atoms with Crippen molar-refractivity contribution < 1.29 is 32.1 Å². The molecule has 2 aromatic rings. The maximum absolute atomic E-state index is 14.4. The first kappa shape index (κ1) is 22.6. The summed E-state index contributed by atoms with van der Waals surface area (Å²) in [6.07, 6.45) is -3.94. The average Bonchev–Trinajstić information content (AvgIpc) is 3.02. The number of rotatable bonds is 4. The van der Waals surface area contributed by atoms with E-state index in [2.05, 4.69) is 5.48 Å². The molecule has 160 valence electrons. The largest absolute Gasteiger partial charge is 0.478 e. The molecule has 0 saturated carbocycles. The van der Waals surface area contributed by atoms with Crippen molar-refractivity contribution in [3.8, 4) is 0 Å². The summed E-state index contributed by atoms with van der Waals surface area (Å²) >= 11 is 11.8. The van der Waals surface area contributed by atoms with Crippen LogP contribution in [-0.4, -0.2) is 27.7 Å². The van der Waals surface area contributed by atoms with Crippen molar-refractivity contribution in [2.45, 2.75) is 18.7 Å². The van der Waals surface area contributed by atoms with Crippen molar-refractivity contribution in [2.24, 2.45) is 0 Å². The molecule has 3 rings (SSSR count). The highest BCUT2D eigenvalue weighted by molar-refractivity contribution is 7.88. The summed E-state index contributed by atoms with van der Waals surface area (Å²) < 4.78 is 55.8. The first-order chi connectivity index (χ1) is 13.9. The summed E-state index contributed by atoms with van der Waals surface area (Å²) in [6.45, 7) is 1.50. The molecular weight excluding hydrogens is 466 g/mol. The fraction of sp³-hybridized carbons (Fsp3) is 0.211. The number of halogens is 5. The number of aryl methyl sites for hydroxylation is 1. The lowest BCUT2D eigenvalue weighted by molar-refractivity contribution is -0.270. The Morgan fingerprint density at radius 3 is 2.23 bits per heavy atom. The van der Waals surface area contributed by atoms with E-state index in [1.807, 2.05) is 0 Å². The van der Waals surface area contributed by atoms with Crippen molar-refractivity contribution in [3.05, 3.63) is 73.6 Å². The second-order valence-corrected chi connectivity index (χ2v) is 8.72. The van der Waals surface area contributed by atoms with Crippen LogP contribution >= 0.6 is 23.2 Å². The van der Waals surface area contributed by atoms with Crippen LogP contribution in [0.15, 0.2) is 41.3 Å². The Morgan fingerprint density at radius 2 is 1.77 bits per heavy atom. The van der Waals surface area contributed by atoms with E-state index in [-0.39, 0.29) is 26.9 Å². The van der Waals surface area contributed by atoms with Crippen molar-refractivity contribution in [3.63, 3.8) is 0 Å². The van der Waals surface area contributed by atoms with Gasteiger partial charge in [-0.05, 0) is 42.8 Å². The van der Waals surface area contributed by atoms with Crippen molar-refractivity contribution in [1.82, 2.24) is 5.48 Å². The molecule has 0 radical (unpaired) electrons. The third-order valence-electron chi connectivity index (χ3n) is 4.55. The van der Waals surface area contributed by atoms with Crippen LogP contribution < -0.4 is 5.48 Å². The van der Waals surface area contributed by atoms with Gasteiger partial charge in [-0.15, -0.1) is 0 Å². The summed E-state index contributed by atoms with van der Waals surface area (Å²) in [7, 11) is -2.15. The Balaban J connectivity index is 2.33. The molecule has 1 aliphatic rings. The standard InChI is InChI=1S/C19H14Cl2F3NO4S/c1-9-5-10(3-4-14(9)17(26)27)15-16(30(2)28)18(29-25-15,19(22,23)24)11-6-12(20)8-13(21)7-11/h3-8,25H,1-2H3,(H,26,27). The number of alkyl halides is 3. The third kappa shape index (κ3) is 3.71. The lowest BCUT2D eigenvalue weighted by atomic mass is 9.90. The molecule has 0 fully saturated rings. The van der Waals surface area contributed by atoms with Gasteiger partial charge in [-0.2, -0.15) is 13.2 Å². The van der Waals surface area contributed by atoms with Crippen molar-refractivity contribution in [2.75, 3.05) is 6.26 Å². The van der Waals surface area contributed by atoms with Crippen LogP contribution in [0.3, 0.4) is 0 Å². The number of carboxylic acid groups (broad SMARTS) is 1. The topological polar surface area (TPSA) is 75.6 Å². The minimum atomic E-state index is -5.03. The molecule has 2 unspecified atom stereocenters. The Kier molecular flexibility index (Phi) is 5.94. The zero-order chi connectivity index (χ0) is 22.4. The normalized spacial score (nSPS) is 20.2. The van der Waals surface area contributed by atoms with Gasteiger partial charge in [-0.1, -0.05) is 29.3 Å². The van der Waals surface area contributed by atoms with Crippen molar-refractivity contribution in [1.29, 1.82) is 0 Å². The quantitative estimate of drug-likeness (QED) is 0.642. The predicted octanol–water partition coefficient (Wildman–Crippen LogP) is 5.04. The van der Waals surface area contributed by atoms with Gasteiger partial charge in [0.05, 0.1) is 27.0 Å². The van der Waals surface area contributed by atoms with E-state index in [9.17, 15) is 27.3 Å². The molecular formula is C19H14Cl2F3NO4S. The van der Waals surface area contributed by atoms with Gasteiger partial charge in [-0.25, -0.2) is 9.63 Å². The Bertz CT molecular complexity index is 1080. The number of hydroxylamine groups is 1. The molecule has 0 saturated heterocycles. The average molecular weight is 480 g/mol. The van der Waals surface area contributed by atoms with Gasteiger partial charge in [0.15, 0.2) is 0 Å². The molecule has 30 heavy (non-hydrogen) atoms. The van der Waals surface area contributed by atoms with Crippen LogP contribution in [0.25, 0.3) is 5.70 Å². The van der Waals surface area contributed by atoms with Gasteiger partial charge in [0.25, 0.3) is 5.60 Å². The molecule has 2 atom stereocenters. The smallest absolute Gasteiger partial charge is 0.429 e. The number of nitrogens with one attached hydrogen (secondary N) is 1. The van der Waals surface area contributed by atoms with Gasteiger partial charge in [0, 0.05) is 27.4 Å². The van der Waals surface area contributed by atoms with E-state index >= 15 is 0 Å². The van der Waals surface area contributed by atoms with E-state index in [0.717, 1.165) is 18.4 Å². The number of carbonyl (C=O) groups is 1. The summed E-state index contributed by atoms with van der Waals surface area (Å²) in [5.74, 6) is -1.18. The molecule has 0 amide bonds.